The molecular formula is C21H29N3O4S2. The summed E-state index contributed by atoms with van der Waals surface area (Å²) in [4.78, 5) is 17.1. The highest BCUT2D eigenvalue weighted by molar-refractivity contribution is 7.99. The standard InChI is InChI=1S/C21H29N3O4S2/c1-20(2)13-8-9-21(20,3)17(10-13)23-18(25)12-29-19-22-15-11-14(6-7-16(15)28-19)30(26,27)24(4)5/h6-7,11,13,17H,8-10,12H2,1-5H3,(H,23,25). The number of carbonyl (C=O) groups excluding carboxylic acids is 1. The smallest absolute Gasteiger partial charge is 0.257 e. The van der Waals surface area contributed by atoms with E-state index in [1.54, 1.807) is 6.07 Å². The van der Waals surface area contributed by atoms with Crippen LogP contribution in [-0.2, 0) is 14.8 Å². The molecule has 2 bridgehead atoms. The van der Waals surface area contributed by atoms with Gasteiger partial charge in [-0.25, -0.2) is 17.7 Å². The van der Waals surface area contributed by atoms with Gasteiger partial charge in [0.05, 0.1) is 10.6 Å². The maximum atomic E-state index is 12.6. The number of aromatic nitrogens is 1. The lowest BCUT2D eigenvalue weighted by molar-refractivity contribution is -0.120. The summed E-state index contributed by atoms with van der Waals surface area (Å²) in [7, 11) is -0.565. The number of carbonyl (C=O) groups is 1. The minimum Gasteiger partial charge on any atom is -0.431 e. The molecule has 2 saturated carbocycles. The van der Waals surface area contributed by atoms with Gasteiger partial charge in [-0.1, -0.05) is 32.5 Å². The van der Waals surface area contributed by atoms with Gasteiger partial charge in [-0.2, -0.15) is 0 Å². The molecule has 3 unspecified atom stereocenters. The zero-order chi connectivity index (χ0) is 21.9. The summed E-state index contributed by atoms with van der Waals surface area (Å²) in [5.41, 5.74) is 1.36. The fraction of sp³-hybridized carbons (Fsp3) is 0.619. The molecule has 2 aromatic rings. The molecular weight excluding hydrogens is 422 g/mol. The summed E-state index contributed by atoms with van der Waals surface area (Å²) in [6, 6.07) is 4.81. The van der Waals surface area contributed by atoms with Crippen molar-refractivity contribution in [1.82, 2.24) is 14.6 Å². The number of fused-ring (bicyclic) bond motifs is 3. The number of amides is 1. The molecule has 3 atom stereocenters. The first-order valence-corrected chi connectivity index (χ1v) is 12.6. The highest BCUT2D eigenvalue weighted by Crippen LogP contribution is 2.65. The molecule has 1 N–H and O–H groups in total. The second-order valence-electron chi connectivity index (χ2n) is 9.42. The van der Waals surface area contributed by atoms with Crippen LogP contribution in [0, 0.1) is 16.7 Å². The molecule has 164 valence electrons. The van der Waals surface area contributed by atoms with E-state index in [0.29, 0.717) is 22.2 Å². The van der Waals surface area contributed by atoms with Crippen LogP contribution >= 0.6 is 11.8 Å². The second-order valence-corrected chi connectivity index (χ2v) is 12.5. The Hall–Kier alpha value is -1.58. The topological polar surface area (TPSA) is 92.5 Å². The van der Waals surface area contributed by atoms with E-state index in [4.69, 9.17) is 4.42 Å². The van der Waals surface area contributed by atoms with Crippen molar-refractivity contribution >= 4 is 38.8 Å². The Morgan fingerprint density at radius 3 is 2.67 bits per heavy atom. The van der Waals surface area contributed by atoms with Gasteiger partial charge in [0.15, 0.2) is 5.58 Å². The molecule has 2 fully saturated rings. The molecule has 0 saturated heterocycles. The number of hydrogen-bond acceptors (Lipinski definition) is 6. The first kappa shape index (κ1) is 21.6. The molecule has 7 nitrogen and oxygen atoms in total. The number of oxazole rings is 1. The molecule has 2 aliphatic carbocycles. The molecule has 1 heterocycles. The Kier molecular flexibility index (Phi) is 5.22. The van der Waals surface area contributed by atoms with Gasteiger partial charge in [-0.15, -0.1) is 0 Å². The SMILES string of the molecule is CN(C)S(=O)(=O)c1ccc2oc(SCC(=O)NC3CC4CCC3(C)C4(C)C)nc2c1. The zero-order valence-corrected chi connectivity index (χ0v) is 19.7. The second kappa shape index (κ2) is 7.24. The Morgan fingerprint density at radius 2 is 2.07 bits per heavy atom. The van der Waals surface area contributed by atoms with E-state index < -0.39 is 10.0 Å². The van der Waals surface area contributed by atoms with Gasteiger partial charge < -0.3 is 9.73 Å². The molecule has 0 aliphatic heterocycles. The van der Waals surface area contributed by atoms with Gasteiger partial charge in [-0.3, -0.25) is 4.79 Å². The quantitative estimate of drug-likeness (QED) is 0.676. The molecule has 0 spiro atoms. The summed E-state index contributed by atoms with van der Waals surface area (Å²) in [5, 5.41) is 3.60. The van der Waals surface area contributed by atoms with E-state index in [9.17, 15) is 13.2 Å². The van der Waals surface area contributed by atoms with Crippen LogP contribution in [0.25, 0.3) is 11.1 Å². The van der Waals surface area contributed by atoms with Crippen LogP contribution in [0.3, 0.4) is 0 Å². The van der Waals surface area contributed by atoms with Crippen LogP contribution in [0.2, 0.25) is 0 Å². The summed E-state index contributed by atoms with van der Waals surface area (Å²) < 4.78 is 31.4. The van der Waals surface area contributed by atoms with Crippen molar-refractivity contribution in [3.05, 3.63) is 18.2 Å². The van der Waals surface area contributed by atoms with E-state index in [-0.39, 0.29) is 33.4 Å². The third-order valence-electron chi connectivity index (χ3n) is 7.57. The molecule has 30 heavy (non-hydrogen) atoms. The minimum atomic E-state index is -3.54. The van der Waals surface area contributed by atoms with Crippen molar-refractivity contribution in [2.24, 2.45) is 16.7 Å². The molecule has 4 rings (SSSR count). The highest BCUT2D eigenvalue weighted by atomic mass is 32.2. The Morgan fingerprint density at radius 1 is 1.33 bits per heavy atom. The van der Waals surface area contributed by atoms with Crippen LogP contribution in [0.15, 0.2) is 32.7 Å². The van der Waals surface area contributed by atoms with Crippen molar-refractivity contribution in [2.75, 3.05) is 19.8 Å². The lowest BCUT2D eigenvalue weighted by Gasteiger charge is -2.39. The first-order chi connectivity index (χ1) is 13.9. The average Bonchev–Trinajstić information content (AvgIpc) is 3.24. The highest BCUT2D eigenvalue weighted by Gasteiger charge is 2.61. The van der Waals surface area contributed by atoms with Gasteiger partial charge in [0, 0.05) is 20.1 Å². The lowest BCUT2D eigenvalue weighted by atomic mass is 9.69. The van der Waals surface area contributed by atoms with E-state index in [1.807, 2.05) is 0 Å². The Labute approximate surface area is 182 Å². The number of sulfonamides is 1. The minimum absolute atomic E-state index is 0.0206. The predicted molar refractivity (Wildman–Crippen MR) is 117 cm³/mol. The normalized spacial score (nSPS) is 27.8. The number of nitrogens with zero attached hydrogens (tertiary/aromatic N) is 2. The Bertz CT molecular complexity index is 1090. The number of rotatable bonds is 6. The maximum Gasteiger partial charge on any atom is 0.257 e. The van der Waals surface area contributed by atoms with Crippen molar-refractivity contribution in [3.8, 4) is 0 Å². The van der Waals surface area contributed by atoms with Gasteiger partial charge >= 0.3 is 0 Å². The van der Waals surface area contributed by atoms with Gasteiger partial charge in [0.1, 0.15) is 5.52 Å². The molecule has 1 aromatic heterocycles. The molecule has 9 heteroatoms. The first-order valence-electron chi connectivity index (χ1n) is 10.2. The zero-order valence-electron chi connectivity index (χ0n) is 18.1. The monoisotopic (exact) mass is 451 g/mol. The van der Waals surface area contributed by atoms with Crippen LogP contribution in [-0.4, -0.2) is 49.5 Å². The summed E-state index contributed by atoms with van der Waals surface area (Å²) in [6.45, 7) is 6.96. The fourth-order valence-corrected chi connectivity index (χ4v) is 6.68. The van der Waals surface area contributed by atoms with Crippen LogP contribution < -0.4 is 5.32 Å². The average molecular weight is 452 g/mol. The Balaban J connectivity index is 1.41. The van der Waals surface area contributed by atoms with Gasteiger partial charge in [-0.05, 0) is 54.2 Å². The lowest BCUT2D eigenvalue weighted by Crippen LogP contribution is -2.47. The predicted octanol–water partition coefficient (Wildman–Crippen LogP) is 3.50. The van der Waals surface area contributed by atoms with Crippen molar-refractivity contribution in [3.63, 3.8) is 0 Å². The number of hydrogen-bond donors (Lipinski definition) is 1. The molecule has 1 amide bonds. The molecule has 1 aromatic carbocycles. The number of thioether (sulfide) groups is 1. The van der Waals surface area contributed by atoms with Crippen LogP contribution in [0.4, 0.5) is 0 Å². The molecule has 2 aliphatic rings. The van der Waals surface area contributed by atoms with Gasteiger partial charge in [0.2, 0.25) is 15.9 Å². The van der Waals surface area contributed by atoms with Crippen molar-refractivity contribution in [2.45, 2.75) is 56.2 Å². The van der Waals surface area contributed by atoms with Gasteiger partial charge in [0.25, 0.3) is 5.22 Å². The van der Waals surface area contributed by atoms with Crippen LogP contribution in [0.5, 0.6) is 0 Å². The fourth-order valence-electron chi connectivity index (χ4n) is 5.10. The largest absolute Gasteiger partial charge is 0.431 e. The molecule has 0 radical (unpaired) electrons. The van der Waals surface area contributed by atoms with Crippen molar-refractivity contribution in [1.29, 1.82) is 0 Å². The van der Waals surface area contributed by atoms with Crippen LogP contribution in [0.1, 0.15) is 40.0 Å². The third kappa shape index (κ3) is 3.35. The van der Waals surface area contributed by atoms with E-state index in [1.165, 1.54) is 44.4 Å². The summed E-state index contributed by atoms with van der Waals surface area (Å²) in [5.74, 6) is 0.866. The van der Waals surface area contributed by atoms with Crippen molar-refractivity contribution < 1.29 is 17.6 Å². The summed E-state index contributed by atoms with van der Waals surface area (Å²) >= 11 is 1.23. The summed E-state index contributed by atoms with van der Waals surface area (Å²) in [6.07, 6.45) is 3.46. The number of benzene rings is 1. The van der Waals surface area contributed by atoms with E-state index >= 15 is 0 Å². The third-order valence-corrected chi connectivity index (χ3v) is 10.2. The van der Waals surface area contributed by atoms with E-state index in [0.717, 1.165) is 17.1 Å². The number of nitrogens with one attached hydrogen (secondary N) is 1. The maximum absolute atomic E-state index is 12.6. The van der Waals surface area contributed by atoms with E-state index in [2.05, 4.69) is 31.1 Å².